The molecule has 1 aromatic rings. The lowest BCUT2D eigenvalue weighted by Crippen LogP contribution is -2.24. The van der Waals surface area contributed by atoms with Gasteiger partial charge in [-0.3, -0.25) is 4.79 Å². The molecule has 1 saturated heterocycles. The van der Waals surface area contributed by atoms with Gasteiger partial charge in [0.25, 0.3) is 0 Å². The van der Waals surface area contributed by atoms with Crippen LogP contribution < -0.4 is 5.32 Å². The molecule has 0 aliphatic carbocycles. The van der Waals surface area contributed by atoms with Crippen LogP contribution in [0.3, 0.4) is 0 Å². The summed E-state index contributed by atoms with van der Waals surface area (Å²) in [6, 6.07) is 8.72. The summed E-state index contributed by atoms with van der Waals surface area (Å²) in [5.41, 5.74) is 2.60. The zero-order chi connectivity index (χ0) is 14.5. The Bertz CT molecular complexity index is 439. The van der Waals surface area contributed by atoms with Crippen molar-refractivity contribution >= 4 is 5.97 Å². The molecule has 1 fully saturated rings. The van der Waals surface area contributed by atoms with E-state index in [1.165, 1.54) is 11.1 Å². The minimum Gasteiger partial charge on any atom is -0.466 e. The van der Waals surface area contributed by atoms with Crippen molar-refractivity contribution in [3.05, 3.63) is 35.4 Å². The molecule has 2 unspecified atom stereocenters. The first-order valence-corrected chi connectivity index (χ1v) is 7.58. The van der Waals surface area contributed by atoms with Crippen LogP contribution in [0.2, 0.25) is 0 Å². The fraction of sp³-hybridized carbons (Fsp3) is 0.588. The van der Waals surface area contributed by atoms with E-state index in [-0.39, 0.29) is 17.8 Å². The van der Waals surface area contributed by atoms with Crippen molar-refractivity contribution in [1.29, 1.82) is 0 Å². The Labute approximate surface area is 121 Å². The van der Waals surface area contributed by atoms with Gasteiger partial charge in [0, 0.05) is 19.0 Å². The van der Waals surface area contributed by atoms with Crippen molar-refractivity contribution in [2.45, 2.75) is 33.1 Å². The molecule has 1 aliphatic rings. The van der Waals surface area contributed by atoms with Gasteiger partial charge in [-0.1, -0.05) is 38.1 Å². The lowest BCUT2D eigenvalue weighted by molar-refractivity contribution is -0.147. The average Bonchev–Trinajstić information content (AvgIpc) is 2.88. The molecule has 2 rings (SSSR count). The quantitative estimate of drug-likeness (QED) is 0.840. The number of esters is 1. The molecule has 0 bridgehead atoms. The summed E-state index contributed by atoms with van der Waals surface area (Å²) in [5.74, 6) is 0.781. The van der Waals surface area contributed by atoms with Crippen LogP contribution in [0.1, 0.15) is 37.8 Å². The fourth-order valence-corrected chi connectivity index (χ4v) is 2.90. The first kappa shape index (κ1) is 15.0. The van der Waals surface area contributed by atoms with Crippen molar-refractivity contribution in [3.8, 4) is 0 Å². The zero-order valence-electron chi connectivity index (χ0n) is 12.7. The van der Waals surface area contributed by atoms with Crippen LogP contribution in [-0.4, -0.2) is 25.7 Å². The van der Waals surface area contributed by atoms with E-state index in [0.29, 0.717) is 12.5 Å². The molecule has 110 valence electrons. The number of benzene rings is 1. The molecule has 0 saturated carbocycles. The number of carbonyl (C=O) groups excluding carboxylic acids is 1. The minimum atomic E-state index is -0.0752. The Morgan fingerprint density at radius 3 is 2.60 bits per heavy atom. The molecule has 1 aliphatic heterocycles. The Hall–Kier alpha value is -1.35. The van der Waals surface area contributed by atoms with Crippen molar-refractivity contribution in [3.63, 3.8) is 0 Å². The Balaban J connectivity index is 2.08. The molecule has 0 spiro atoms. The van der Waals surface area contributed by atoms with Gasteiger partial charge in [0.05, 0.1) is 12.5 Å². The van der Waals surface area contributed by atoms with Crippen LogP contribution in [0.15, 0.2) is 24.3 Å². The molecule has 0 amide bonds. The van der Waals surface area contributed by atoms with Gasteiger partial charge in [-0.2, -0.15) is 0 Å². The monoisotopic (exact) mass is 275 g/mol. The number of nitrogens with one attached hydrogen (secondary N) is 1. The summed E-state index contributed by atoms with van der Waals surface area (Å²) in [7, 11) is 0. The Kier molecular flexibility index (Phi) is 5.18. The summed E-state index contributed by atoms with van der Waals surface area (Å²) in [4.78, 5) is 12.0. The third kappa shape index (κ3) is 3.60. The third-order valence-electron chi connectivity index (χ3n) is 3.86. The van der Waals surface area contributed by atoms with Gasteiger partial charge in [0.1, 0.15) is 0 Å². The third-order valence-corrected chi connectivity index (χ3v) is 3.86. The van der Waals surface area contributed by atoms with E-state index in [9.17, 15) is 4.79 Å². The number of ether oxygens (including phenoxy) is 1. The molecular formula is C17H25NO2. The maximum absolute atomic E-state index is 12.0. The number of rotatable bonds is 5. The largest absolute Gasteiger partial charge is 0.466 e. The van der Waals surface area contributed by atoms with Gasteiger partial charge in [0.15, 0.2) is 0 Å². The maximum Gasteiger partial charge on any atom is 0.310 e. The van der Waals surface area contributed by atoms with Crippen molar-refractivity contribution in [2.24, 2.45) is 11.8 Å². The Morgan fingerprint density at radius 2 is 2.00 bits per heavy atom. The summed E-state index contributed by atoms with van der Waals surface area (Å²) >= 11 is 0. The second-order valence-corrected chi connectivity index (χ2v) is 5.96. The predicted octanol–water partition coefficient (Wildman–Crippen LogP) is 2.75. The molecule has 0 aromatic heterocycles. The first-order valence-electron chi connectivity index (χ1n) is 7.58. The summed E-state index contributed by atoms with van der Waals surface area (Å²) < 4.78 is 5.17. The molecule has 2 atom stereocenters. The van der Waals surface area contributed by atoms with Crippen LogP contribution in [0.5, 0.6) is 0 Å². The van der Waals surface area contributed by atoms with Gasteiger partial charge in [-0.05, 0) is 30.4 Å². The van der Waals surface area contributed by atoms with E-state index in [0.717, 1.165) is 19.5 Å². The second-order valence-electron chi connectivity index (χ2n) is 5.96. The van der Waals surface area contributed by atoms with Gasteiger partial charge in [-0.25, -0.2) is 0 Å². The molecule has 1 heterocycles. The van der Waals surface area contributed by atoms with E-state index in [1.807, 2.05) is 6.92 Å². The highest BCUT2D eigenvalue weighted by Gasteiger charge is 2.34. The van der Waals surface area contributed by atoms with Crippen LogP contribution in [0.25, 0.3) is 0 Å². The van der Waals surface area contributed by atoms with Gasteiger partial charge in [-0.15, -0.1) is 0 Å². The number of hydrogen-bond donors (Lipinski definition) is 1. The predicted molar refractivity (Wildman–Crippen MR) is 80.7 cm³/mol. The highest BCUT2D eigenvalue weighted by Crippen LogP contribution is 2.29. The van der Waals surface area contributed by atoms with E-state index in [2.05, 4.69) is 43.4 Å². The van der Waals surface area contributed by atoms with Crippen LogP contribution in [0, 0.1) is 11.8 Å². The second kappa shape index (κ2) is 6.89. The standard InChI is InChI=1S/C17H25NO2/c1-4-20-17(19)16-11-18-10-15(16)14-7-5-13(6-8-14)9-12(2)3/h5-8,12,15-16,18H,4,9-11H2,1-3H3. The van der Waals surface area contributed by atoms with Crippen molar-refractivity contribution in [2.75, 3.05) is 19.7 Å². The average molecular weight is 275 g/mol. The fourth-order valence-electron chi connectivity index (χ4n) is 2.90. The van der Waals surface area contributed by atoms with Gasteiger partial charge < -0.3 is 10.1 Å². The maximum atomic E-state index is 12.0. The van der Waals surface area contributed by atoms with Crippen molar-refractivity contribution in [1.82, 2.24) is 5.32 Å². The van der Waals surface area contributed by atoms with E-state index >= 15 is 0 Å². The summed E-state index contributed by atoms with van der Waals surface area (Å²) in [6.45, 7) is 8.34. The highest BCUT2D eigenvalue weighted by molar-refractivity contribution is 5.74. The highest BCUT2D eigenvalue weighted by atomic mass is 16.5. The van der Waals surface area contributed by atoms with Gasteiger partial charge in [0.2, 0.25) is 0 Å². The molecule has 1 N–H and O–H groups in total. The van der Waals surface area contributed by atoms with Crippen LogP contribution >= 0.6 is 0 Å². The van der Waals surface area contributed by atoms with E-state index in [1.54, 1.807) is 0 Å². The SMILES string of the molecule is CCOC(=O)C1CNCC1c1ccc(CC(C)C)cc1. The molecule has 1 aromatic carbocycles. The zero-order valence-corrected chi connectivity index (χ0v) is 12.7. The lowest BCUT2D eigenvalue weighted by Gasteiger charge is -2.18. The molecule has 0 radical (unpaired) electrons. The number of carbonyl (C=O) groups is 1. The number of hydrogen-bond acceptors (Lipinski definition) is 3. The van der Waals surface area contributed by atoms with Crippen molar-refractivity contribution < 1.29 is 9.53 Å². The van der Waals surface area contributed by atoms with E-state index in [4.69, 9.17) is 4.74 Å². The molecular weight excluding hydrogens is 250 g/mol. The first-order chi connectivity index (χ1) is 9.61. The van der Waals surface area contributed by atoms with Gasteiger partial charge >= 0.3 is 5.97 Å². The van der Waals surface area contributed by atoms with Crippen LogP contribution in [-0.2, 0) is 16.0 Å². The molecule has 20 heavy (non-hydrogen) atoms. The smallest absolute Gasteiger partial charge is 0.310 e. The summed E-state index contributed by atoms with van der Waals surface area (Å²) in [6.07, 6.45) is 1.10. The lowest BCUT2D eigenvalue weighted by atomic mass is 9.88. The molecule has 3 heteroatoms. The van der Waals surface area contributed by atoms with E-state index < -0.39 is 0 Å². The Morgan fingerprint density at radius 1 is 1.30 bits per heavy atom. The van der Waals surface area contributed by atoms with Crippen LogP contribution in [0.4, 0.5) is 0 Å². The summed E-state index contributed by atoms with van der Waals surface area (Å²) in [5, 5.41) is 3.31. The topological polar surface area (TPSA) is 38.3 Å². The minimum absolute atomic E-state index is 0.0501. The normalized spacial score (nSPS) is 22.2. The molecule has 3 nitrogen and oxygen atoms in total.